The van der Waals surface area contributed by atoms with Crippen molar-refractivity contribution in [3.8, 4) is 11.5 Å². The van der Waals surface area contributed by atoms with Gasteiger partial charge >= 0.3 is 0 Å². The second-order valence-electron chi connectivity index (χ2n) is 5.55. The zero-order valence-electron chi connectivity index (χ0n) is 13.2. The lowest BCUT2D eigenvalue weighted by molar-refractivity contribution is 0.480. The smallest absolute Gasteiger partial charge is 0.205 e. The zero-order valence-corrected chi connectivity index (χ0v) is 13.2. The van der Waals surface area contributed by atoms with Crippen LogP contribution in [0.4, 0.5) is 11.6 Å². The number of rotatable bonds is 4. The number of imidazole rings is 1. The van der Waals surface area contributed by atoms with E-state index in [1.165, 1.54) is 5.56 Å². The van der Waals surface area contributed by atoms with E-state index in [-0.39, 0.29) is 0 Å². The van der Waals surface area contributed by atoms with E-state index in [0.717, 1.165) is 28.4 Å². The zero-order chi connectivity index (χ0) is 16.4. The van der Waals surface area contributed by atoms with Crippen molar-refractivity contribution in [3.63, 3.8) is 0 Å². The normalized spacial score (nSPS) is 10.7. The van der Waals surface area contributed by atoms with Crippen molar-refractivity contribution in [3.05, 3.63) is 72.6 Å². The molecule has 5 heteroatoms. The highest BCUT2D eigenvalue weighted by Gasteiger charge is 2.04. The van der Waals surface area contributed by atoms with Gasteiger partial charge in [0.2, 0.25) is 5.95 Å². The fourth-order valence-corrected chi connectivity index (χ4v) is 2.47. The SMILES string of the molecule is Cc1ccc2nc(Nc3ccc(Oc4cccnc4)cc3)[nH]c2c1. The Morgan fingerprint density at radius 1 is 1.00 bits per heavy atom. The van der Waals surface area contributed by atoms with Crippen molar-refractivity contribution in [2.45, 2.75) is 6.92 Å². The first-order valence-electron chi connectivity index (χ1n) is 7.68. The minimum absolute atomic E-state index is 0.714. The molecule has 4 rings (SSSR count). The summed E-state index contributed by atoms with van der Waals surface area (Å²) < 4.78 is 5.73. The van der Waals surface area contributed by atoms with E-state index in [2.05, 4.69) is 39.3 Å². The number of hydrogen-bond donors (Lipinski definition) is 2. The number of pyridine rings is 1. The molecule has 2 aromatic heterocycles. The summed E-state index contributed by atoms with van der Waals surface area (Å²) >= 11 is 0. The number of aromatic nitrogens is 3. The highest BCUT2D eigenvalue weighted by Crippen LogP contribution is 2.24. The molecule has 0 radical (unpaired) electrons. The summed E-state index contributed by atoms with van der Waals surface area (Å²) in [7, 11) is 0. The van der Waals surface area contributed by atoms with E-state index >= 15 is 0 Å². The minimum atomic E-state index is 0.714. The van der Waals surface area contributed by atoms with Gasteiger partial charge < -0.3 is 15.0 Å². The van der Waals surface area contributed by atoms with Gasteiger partial charge in [0.1, 0.15) is 11.5 Å². The quantitative estimate of drug-likeness (QED) is 0.567. The van der Waals surface area contributed by atoms with E-state index < -0.39 is 0 Å². The van der Waals surface area contributed by atoms with Crippen LogP contribution in [-0.4, -0.2) is 15.0 Å². The maximum Gasteiger partial charge on any atom is 0.205 e. The predicted octanol–water partition coefficient (Wildman–Crippen LogP) is 4.80. The lowest BCUT2D eigenvalue weighted by Crippen LogP contribution is -1.92. The Morgan fingerprint density at radius 2 is 1.88 bits per heavy atom. The van der Waals surface area contributed by atoms with Gasteiger partial charge in [0.05, 0.1) is 17.2 Å². The maximum atomic E-state index is 5.73. The molecule has 0 saturated heterocycles. The first-order chi connectivity index (χ1) is 11.8. The Kier molecular flexibility index (Phi) is 3.59. The standard InChI is InChI=1S/C19H16N4O/c1-13-4-9-17-18(11-13)23-19(22-17)21-14-5-7-15(8-6-14)24-16-3-2-10-20-12-16/h2-12H,1H3,(H2,21,22,23). The van der Waals surface area contributed by atoms with Gasteiger partial charge in [-0.05, 0) is 61.0 Å². The van der Waals surface area contributed by atoms with Crippen LogP contribution in [0.15, 0.2) is 67.0 Å². The maximum absolute atomic E-state index is 5.73. The van der Waals surface area contributed by atoms with Gasteiger partial charge in [-0.15, -0.1) is 0 Å². The molecule has 4 aromatic rings. The molecule has 0 unspecified atom stereocenters. The van der Waals surface area contributed by atoms with Crippen LogP contribution in [0.3, 0.4) is 0 Å². The molecule has 0 spiro atoms. The Labute approximate surface area is 139 Å². The number of fused-ring (bicyclic) bond motifs is 1. The van der Waals surface area contributed by atoms with Gasteiger partial charge in [-0.3, -0.25) is 4.98 Å². The molecule has 0 aliphatic rings. The van der Waals surface area contributed by atoms with Crippen LogP contribution in [0.25, 0.3) is 11.0 Å². The van der Waals surface area contributed by atoms with E-state index in [9.17, 15) is 0 Å². The first kappa shape index (κ1) is 14.3. The summed E-state index contributed by atoms with van der Waals surface area (Å²) in [6.45, 7) is 2.06. The minimum Gasteiger partial charge on any atom is -0.456 e. The summed E-state index contributed by atoms with van der Waals surface area (Å²) in [5.41, 5.74) is 4.10. The number of aromatic amines is 1. The summed E-state index contributed by atoms with van der Waals surface area (Å²) in [4.78, 5) is 11.8. The number of ether oxygens (including phenoxy) is 1. The average molecular weight is 316 g/mol. The van der Waals surface area contributed by atoms with Crippen LogP contribution >= 0.6 is 0 Å². The molecule has 0 bridgehead atoms. The van der Waals surface area contributed by atoms with Crippen LogP contribution in [0.2, 0.25) is 0 Å². The highest BCUT2D eigenvalue weighted by molar-refractivity contribution is 5.79. The Bertz CT molecular complexity index is 962. The molecule has 0 aliphatic carbocycles. The molecule has 0 fully saturated rings. The molecule has 0 aliphatic heterocycles. The number of aryl methyl sites for hydroxylation is 1. The Morgan fingerprint density at radius 3 is 2.67 bits per heavy atom. The van der Waals surface area contributed by atoms with Gasteiger partial charge in [-0.1, -0.05) is 6.07 Å². The van der Waals surface area contributed by atoms with Gasteiger partial charge in [-0.2, -0.15) is 0 Å². The molecule has 5 nitrogen and oxygen atoms in total. The molecule has 2 N–H and O–H groups in total. The van der Waals surface area contributed by atoms with Gasteiger partial charge in [-0.25, -0.2) is 4.98 Å². The summed E-state index contributed by atoms with van der Waals surface area (Å²) in [5, 5.41) is 3.27. The van der Waals surface area contributed by atoms with Crippen molar-refractivity contribution in [1.82, 2.24) is 15.0 Å². The summed E-state index contributed by atoms with van der Waals surface area (Å²) in [6, 6.07) is 17.6. The van der Waals surface area contributed by atoms with Crippen LogP contribution in [0.1, 0.15) is 5.56 Å². The number of nitrogens with zero attached hydrogens (tertiary/aromatic N) is 2. The number of hydrogen-bond acceptors (Lipinski definition) is 4. The topological polar surface area (TPSA) is 62.8 Å². The average Bonchev–Trinajstić information content (AvgIpc) is 2.99. The molecule has 2 heterocycles. The van der Waals surface area contributed by atoms with E-state index in [4.69, 9.17) is 4.74 Å². The number of anilines is 2. The van der Waals surface area contributed by atoms with Crippen molar-refractivity contribution < 1.29 is 4.74 Å². The van der Waals surface area contributed by atoms with E-state index in [1.807, 2.05) is 42.5 Å². The molecular formula is C19H16N4O. The van der Waals surface area contributed by atoms with E-state index in [0.29, 0.717) is 5.75 Å². The van der Waals surface area contributed by atoms with Crippen LogP contribution in [0, 0.1) is 6.92 Å². The fraction of sp³-hybridized carbons (Fsp3) is 0.0526. The third-order valence-corrected chi connectivity index (χ3v) is 3.62. The Balaban J connectivity index is 1.50. The van der Waals surface area contributed by atoms with Gasteiger partial charge in [0.25, 0.3) is 0 Å². The molecule has 0 atom stereocenters. The second-order valence-corrected chi connectivity index (χ2v) is 5.55. The highest BCUT2D eigenvalue weighted by atomic mass is 16.5. The van der Waals surface area contributed by atoms with Crippen molar-refractivity contribution >= 4 is 22.7 Å². The number of nitrogens with one attached hydrogen (secondary N) is 2. The monoisotopic (exact) mass is 316 g/mol. The largest absolute Gasteiger partial charge is 0.456 e. The predicted molar refractivity (Wildman–Crippen MR) is 94.9 cm³/mol. The number of benzene rings is 2. The van der Waals surface area contributed by atoms with Crippen LogP contribution in [-0.2, 0) is 0 Å². The van der Waals surface area contributed by atoms with Crippen molar-refractivity contribution in [2.75, 3.05) is 5.32 Å². The van der Waals surface area contributed by atoms with Crippen LogP contribution < -0.4 is 10.1 Å². The lowest BCUT2D eigenvalue weighted by atomic mass is 10.2. The number of H-pyrrole nitrogens is 1. The first-order valence-corrected chi connectivity index (χ1v) is 7.68. The third kappa shape index (κ3) is 3.05. The van der Waals surface area contributed by atoms with Crippen molar-refractivity contribution in [1.29, 1.82) is 0 Å². The second kappa shape index (κ2) is 6.04. The van der Waals surface area contributed by atoms with Gasteiger partial charge in [0, 0.05) is 11.9 Å². The van der Waals surface area contributed by atoms with E-state index in [1.54, 1.807) is 12.4 Å². The summed E-state index contributed by atoms with van der Waals surface area (Å²) in [5.74, 6) is 2.19. The fourth-order valence-electron chi connectivity index (χ4n) is 2.47. The molecule has 0 saturated carbocycles. The Hall–Kier alpha value is -3.34. The molecule has 2 aromatic carbocycles. The summed E-state index contributed by atoms with van der Waals surface area (Å²) in [6.07, 6.45) is 3.40. The lowest BCUT2D eigenvalue weighted by Gasteiger charge is -2.06. The molecule has 118 valence electrons. The molecule has 24 heavy (non-hydrogen) atoms. The molecular weight excluding hydrogens is 300 g/mol. The van der Waals surface area contributed by atoms with Crippen LogP contribution in [0.5, 0.6) is 11.5 Å². The van der Waals surface area contributed by atoms with Crippen molar-refractivity contribution in [2.24, 2.45) is 0 Å². The van der Waals surface area contributed by atoms with Gasteiger partial charge in [0.15, 0.2) is 0 Å². The third-order valence-electron chi connectivity index (χ3n) is 3.62. The molecule has 0 amide bonds.